The van der Waals surface area contributed by atoms with Gasteiger partial charge in [0.2, 0.25) is 0 Å². The third-order valence-electron chi connectivity index (χ3n) is 6.59. The zero-order chi connectivity index (χ0) is 32.7. The Balaban J connectivity index is 1.84. The topological polar surface area (TPSA) is 71.0 Å². The summed E-state index contributed by atoms with van der Waals surface area (Å²) in [6.45, 7) is 0.478. The Labute approximate surface area is 248 Å². The largest absolute Gasteiger partial charge is 0.465 e. The Hall–Kier alpha value is -4.27. The molecule has 1 N–H and O–H groups in total. The highest BCUT2D eigenvalue weighted by molar-refractivity contribution is 6.32. The van der Waals surface area contributed by atoms with Crippen LogP contribution < -0.4 is 5.32 Å². The SMILES string of the molecule is CCOC(=O)C1(c2ccc(C(F)(F)F)cc2)CN(C(=O)Nc2ccc(C(F)(F)F)cc2)N=C1c1ccc(C(F)(F)F)c(Cl)c1. The van der Waals surface area contributed by atoms with E-state index in [1.165, 1.54) is 6.92 Å². The molecule has 2 amide bonds. The van der Waals surface area contributed by atoms with Crippen molar-refractivity contribution in [2.75, 3.05) is 18.5 Å². The highest BCUT2D eigenvalue weighted by Crippen LogP contribution is 2.41. The number of nitrogens with one attached hydrogen (secondary N) is 1. The van der Waals surface area contributed by atoms with Crippen molar-refractivity contribution in [2.24, 2.45) is 5.10 Å². The summed E-state index contributed by atoms with van der Waals surface area (Å²) in [5, 5.41) is 6.31. The van der Waals surface area contributed by atoms with Crippen LogP contribution in [0.15, 0.2) is 71.8 Å². The van der Waals surface area contributed by atoms with Gasteiger partial charge in [0.15, 0.2) is 5.41 Å². The minimum absolute atomic E-state index is 0.111. The molecule has 0 aliphatic carbocycles. The maximum Gasteiger partial charge on any atom is 0.417 e. The molecule has 4 rings (SSSR count). The number of halogens is 10. The lowest BCUT2D eigenvalue weighted by Gasteiger charge is -2.29. The van der Waals surface area contributed by atoms with Crippen LogP contribution in [-0.4, -0.2) is 35.9 Å². The van der Waals surface area contributed by atoms with Crippen LogP contribution in [0.3, 0.4) is 0 Å². The number of esters is 1. The van der Waals surface area contributed by atoms with Crippen molar-refractivity contribution in [2.45, 2.75) is 30.9 Å². The molecular formula is C28H19ClF9N3O3. The second-order valence-electron chi connectivity index (χ2n) is 9.40. The number of hydrogen-bond donors (Lipinski definition) is 1. The zero-order valence-electron chi connectivity index (χ0n) is 22.2. The maximum absolute atomic E-state index is 13.6. The van der Waals surface area contributed by atoms with E-state index in [2.05, 4.69) is 10.4 Å². The van der Waals surface area contributed by atoms with Crippen LogP contribution in [0.5, 0.6) is 0 Å². The molecule has 1 heterocycles. The van der Waals surface area contributed by atoms with Gasteiger partial charge in [0, 0.05) is 11.3 Å². The predicted octanol–water partition coefficient (Wildman–Crippen LogP) is 8.15. The number of anilines is 1. The van der Waals surface area contributed by atoms with Crippen LogP contribution in [0.25, 0.3) is 0 Å². The molecule has 1 unspecified atom stereocenters. The number of amides is 2. The first kappa shape index (κ1) is 32.6. The standard InChI is InChI=1S/C28H19ClF9N3O3/c1-2-44-23(42)25(16-4-6-17(7-5-16)26(30,31)32)14-41(24(43)39-19-10-8-18(9-11-19)27(33,34)35)40-22(25)15-3-12-20(21(29)13-15)28(36,37)38/h3-13H,2,14H2,1H3,(H,39,43). The van der Waals surface area contributed by atoms with E-state index in [-0.39, 0.29) is 29.1 Å². The third-order valence-corrected chi connectivity index (χ3v) is 6.90. The van der Waals surface area contributed by atoms with E-state index in [1.54, 1.807) is 0 Å². The molecule has 1 atom stereocenters. The Morgan fingerprint density at radius 3 is 1.89 bits per heavy atom. The van der Waals surface area contributed by atoms with Gasteiger partial charge in [0.25, 0.3) is 0 Å². The molecule has 0 fully saturated rings. The van der Waals surface area contributed by atoms with E-state index in [1.807, 2.05) is 0 Å². The minimum atomic E-state index is -4.85. The van der Waals surface area contributed by atoms with E-state index in [9.17, 15) is 49.1 Å². The Morgan fingerprint density at radius 2 is 1.41 bits per heavy atom. The fraction of sp³-hybridized carbons (Fsp3) is 0.250. The summed E-state index contributed by atoms with van der Waals surface area (Å²) in [5.41, 5.74) is -6.31. The predicted molar refractivity (Wildman–Crippen MR) is 140 cm³/mol. The number of alkyl halides is 9. The van der Waals surface area contributed by atoms with Gasteiger partial charge >= 0.3 is 30.5 Å². The van der Waals surface area contributed by atoms with Gasteiger partial charge < -0.3 is 10.1 Å². The second kappa shape index (κ2) is 11.7. The molecule has 6 nitrogen and oxygen atoms in total. The highest BCUT2D eigenvalue weighted by Gasteiger charge is 2.54. The summed E-state index contributed by atoms with van der Waals surface area (Å²) in [5.74, 6) is -1.10. The van der Waals surface area contributed by atoms with Crippen molar-refractivity contribution < 1.29 is 53.8 Å². The number of urea groups is 1. The van der Waals surface area contributed by atoms with Crippen LogP contribution in [-0.2, 0) is 33.5 Å². The molecule has 0 spiro atoms. The van der Waals surface area contributed by atoms with Gasteiger partial charge in [-0.1, -0.05) is 29.8 Å². The number of rotatable bonds is 5. The van der Waals surface area contributed by atoms with Crippen molar-refractivity contribution in [1.82, 2.24) is 5.01 Å². The van der Waals surface area contributed by atoms with Crippen LogP contribution in [0.4, 0.5) is 50.0 Å². The van der Waals surface area contributed by atoms with E-state index in [4.69, 9.17) is 16.3 Å². The number of benzene rings is 3. The number of carbonyl (C=O) groups is 2. The molecule has 234 valence electrons. The fourth-order valence-electron chi connectivity index (χ4n) is 4.49. The van der Waals surface area contributed by atoms with Gasteiger partial charge in [-0.15, -0.1) is 0 Å². The summed E-state index contributed by atoms with van der Waals surface area (Å²) in [7, 11) is 0. The highest BCUT2D eigenvalue weighted by atomic mass is 35.5. The fourth-order valence-corrected chi connectivity index (χ4v) is 4.78. The molecular weight excluding hydrogens is 633 g/mol. The number of carbonyl (C=O) groups excluding carboxylic acids is 2. The number of hydrogen-bond acceptors (Lipinski definition) is 4. The Morgan fingerprint density at radius 1 is 0.864 bits per heavy atom. The number of hydrazone groups is 1. The first-order chi connectivity index (χ1) is 20.4. The van der Waals surface area contributed by atoms with Crippen molar-refractivity contribution in [3.05, 3.63) is 99.6 Å². The third kappa shape index (κ3) is 6.47. The zero-order valence-corrected chi connectivity index (χ0v) is 22.9. The average Bonchev–Trinajstić information content (AvgIpc) is 3.34. The van der Waals surface area contributed by atoms with Gasteiger partial charge in [-0.25, -0.2) is 9.80 Å². The molecule has 0 aromatic heterocycles. The number of ether oxygens (including phenoxy) is 1. The maximum atomic E-state index is 13.6. The lowest BCUT2D eigenvalue weighted by atomic mass is 9.74. The quantitative estimate of drug-likeness (QED) is 0.224. The second-order valence-corrected chi connectivity index (χ2v) is 9.81. The molecule has 0 saturated carbocycles. The summed E-state index contributed by atoms with van der Waals surface area (Å²) >= 11 is 5.91. The summed E-state index contributed by atoms with van der Waals surface area (Å²) in [6.07, 6.45) is -14.3. The smallest absolute Gasteiger partial charge is 0.417 e. The molecule has 1 aliphatic rings. The molecule has 1 aliphatic heterocycles. The van der Waals surface area contributed by atoms with Gasteiger partial charge in [-0.3, -0.25) is 4.79 Å². The summed E-state index contributed by atoms with van der Waals surface area (Å²) in [4.78, 5) is 26.8. The van der Waals surface area contributed by atoms with E-state index < -0.39 is 64.2 Å². The lowest BCUT2D eigenvalue weighted by Crippen LogP contribution is -2.48. The molecule has 0 radical (unpaired) electrons. The molecule has 3 aromatic carbocycles. The van der Waals surface area contributed by atoms with Crippen LogP contribution in [0.2, 0.25) is 5.02 Å². The first-order valence-electron chi connectivity index (χ1n) is 12.4. The lowest BCUT2D eigenvalue weighted by molar-refractivity contribution is -0.147. The average molecular weight is 652 g/mol. The molecule has 0 saturated heterocycles. The normalized spacial score (nSPS) is 17.3. The van der Waals surface area contributed by atoms with Crippen LogP contribution in [0, 0.1) is 0 Å². The van der Waals surface area contributed by atoms with Crippen molar-refractivity contribution in [1.29, 1.82) is 0 Å². The molecule has 44 heavy (non-hydrogen) atoms. The van der Waals surface area contributed by atoms with E-state index in [0.29, 0.717) is 35.3 Å². The van der Waals surface area contributed by atoms with Crippen molar-refractivity contribution >= 4 is 35.0 Å². The molecule has 3 aromatic rings. The monoisotopic (exact) mass is 651 g/mol. The van der Waals surface area contributed by atoms with Crippen LogP contribution in [0.1, 0.15) is 34.7 Å². The Bertz CT molecular complexity index is 1590. The van der Waals surface area contributed by atoms with Gasteiger partial charge in [0.1, 0.15) is 0 Å². The molecule has 16 heteroatoms. The summed E-state index contributed by atoms with van der Waals surface area (Å²) < 4.78 is 124. The van der Waals surface area contributed by atoms with E-state index >= 15 is 0 Å². The number of nitrogens with zero attached hydrogens (tertiary/aromatic N) is 2. The minimum Gasteiger partial charge on any atom is -0.465 e. The summed E-state index contributed by atoms with van der Waals surface area (Å²) in [6, 6.07) is 7.78. The van der Waals surface area contributed by atoms with Crippen molar-refractivity contribution in [3.8, 4) is 0 Å². The van der Waals surface area contributed by atoms with Crippen LogP contribution >= 0.6 is 11.6 Å². The van der Waals surface area contributed by atoms with Crippen molar-refractivity contribution in [3.63, 3.8) is 0 Å². The first-order valence-corrected chi connectivity index (χ1v) is 12.8. The van der Waals surface area contributed by atoms with E-state index in [0.717, 1.165) is 36.4 Å². The van der Waals surface area contributed by atoms with Gasteiger partial charge in [-0.05, 0) is 61.0 Å². The Kier molecular flexibility index (Phi) is 8.66. The van der Waals surface area contributed by atoms with Gasteiger partial charge in [0.05, 0.1) is 40.6 Å². The molecule has 0 bridgehead atoms. The van der Waals surface area contributed by atoms with Gasteiger partial charge in [-0.2, -0.15) is 44.6 Å².